The van der Waals surface area contributed by atoms with E-state index >= 15 is 0 Å². The average molecular weight is 322 g/mol. The van der Waals surface area contributed by atoms with Gasteiger partial charge in [0.05, 0.1) is 0 Å². The molecule has 0 unspecified atom stereocenters. The van der Waals surface area contributed by atoms with Crippen LogP contribution in [-0.2, 0) is 9.59 Å². The van der Waals surface area contributed by atoms with Crippen molar-refractivity contribution in [3.05, 3.63) is 65.7 Å². The van der Waals surface area contributed by atoms with E-state index in [4.69, 9.17) is 0 Å². The van der Waals surface area contributed by atoms with Crippen molar-refractivity contribution in [2.75, 3.05) is 10.6 Å². The number of carbonyl (C=O) groups excluding carboxylic acids is 2. The molecule has 0 bridgehead atoms. The molecule has 2 aromatic carbocycles. The quantitative estimate of drug-likeness (QED) is 0.801. The highest BCUT2D eigenvalue weighted by atomic mass is 16.2. The Bertz CT molecular complexity index is 746. The number of amides is 2. The molecular weight excluding hydrogens is 300 g/mol. The summed E-state index contributed by atoms with van der Waals surface area (Å²) in [7, 11) is 0. The van der Waals surface area contributed by atoms with Gasteiger partial charge in [0.25, 0.3) is 0 Å². The van der Waals surface area contributed by atoms with Gasteiger partial charge in [-0.1, -0.05) is 44.2 Å². The Labute approximate surface area is 142 Å². The van der Waals surface area contributed by atoms with Gasteiger partial charge in [0, 0.05) is 24.4 Å². The van der Waals surface area contributed by atoms with Crippen LogP contribution in [-0.4, -0.2) is 11.8 Å². The fraction of sp³-hybridized carbons (Fsp3) is 0.200. The van der Waals surface area contributed by atoms with Crippen molar-refractivity contribution in [1.29, 1.82) is 0 Å². The van der Waals surface area contributed by atoms with Crippen LogP contribution in [0.25, 0.3) is 6.08 Å². The minimum Gasteiger partial charge on any atom is -0.326 e. The second-order valence-corrected chi connectivity index (χ2v) is 5.87. The van der Waals surface area contributed by atoms with E-state index in [1.54, 1.807) is 18.2 Å². The smallest absolute Gasteiger partial charge is 0.248 e. The lowest BCUT2D eigenvalue weighted by molar-refractivity contribution is -0.114. The number of benzene rings is 2. The summed E-state index contributed by atoms with van der Waals surface area (Å²) in [6.45, 7) is 5.65. The lowest BCUT2D eigenvalue weighted by Gasteiger charge is -2.12. The molecular formula is C20H22N2O2. The minimum atomic E-state index is -0.172. The van der Waals surface area contributed by atoms with Crippen molar-refractivity contribution in [2.45, 2.75) is 26.7 Å². The molecule has 0 aliphatic heterocycles. The van der Waals surface area contributed by atoms with Gasteiger partial charge >= 0.3 is 0 Å². The van der Waals surface area contributed by atoms with Crippen molar-refractivity contribution in [3.63, 3.8) is 0 Å². The van der Waals surface area contributed by atoms with Crippen molar-refractivity contribution < 1.29 is 9.59 Å². The zero-order valence-corrected chi connectivity index (χ0v) is 14.2. The van der Waals surface area contributed by atoms with Crippen LogP contribution in [0.1, 0.15) is 37.8 Å². The van der Waals surface area contributed by atoms with E-state index in [9.17, 15) is 9.59 Å². The minimum absolute atomic E-state index is 0.110. The molecule has 0 fully saturated rings. The van der Waals surface area contributed by atoms with Gasteiger partial charge in [0.15, 0.2) is 0 Å². The number of hydrogen-bond acceptors (Lipinski definition) is 2. The van der Waals surface area contributed by atoms with Crippen LogP contribution in [0, 0.1) is 0 Å². The summed E-state index contributed by atoms with van der Waals surface area (Å²) in [5, 5.41) is 5.62. The van der Waals surface area contributed by atoms with Gasteiger partial charge in [0.1, 0.15) is 0 Å². The van der Waals surface area contributed by atoms with E-state index < -0.39 is 0 Å². The maximum atomic E-state index is 12.1. The molecule has 0 atom stereocenters. The Morgan fingerprint density at radius 2 is 1.62 bits per heavy atom. The van der Waals surface area contributed by atoms with Crippen molar-refractivity contribution in [1.82, 2.24) is 0 Å². The van der Waals surface area contributed by atoms with Gasteiger partial charge in [-0.15, -0.1) is 0 Å². The van der Waals surface area contributed by atoms with Crippen LogP contribution < -0.4 is 10.6 Å². The first-order valence-corrected chi connectivity index (χ1v) is 7.91. The maximum absolute atomic E-state index is 12.1. The number of anilines is 2. The summed E-state index contributed by atoms with van der Waals surface area (Å²) in [6.07, 6.45) is 3.25. The standard InChI is InChI=1S/C20H22N2O2/c1-14(2)18-6-4-5-7-19(18)22-20(24)13-10-16-8-11-17(12-9-16)21-15(3)23/h4-14H,1-3H3,(H,21,23)(H,22,24)/b13-10+. The monoisotopic (exact) mass is 322 g/mol. The summed E-state index contributed by atoms with van der Waals surface area (Å²) in [5.74, 6) is 0.0577. The zero-order chi connectivity index (χ0) is 17.5. The molecule has 0 spiro atoms. The van der Waals surface area contributed by atoms with Crippen LogP contribution in [0.2, 0.25) is 0 Å². The Hall–Kier alpha value is -2.88. The molecule has 124 valence electrons. The van der Waals surface area contributed by atoms with Crippen LogP contribution in [0.4, 0.5) is 11.4 Å². The molecule has 0 aliphatic carbocycles. The molecule has 0 saturated heterocycles. The van der Waals surface area contributed by atoms with E-state index in [-0.39, 0.29) is 11.8 Å². The van der Waals surface area contributed by atoms with Crippen molar-refractivity contribution in [2.24, 2.45) is 0 Å². The summed E-state index contributed by atoms with van der Waals surface area (Å²) >= 11 is 0. The number of carbonyl (C=O) groups is 2. The Balaban J connectivity index is 2.02. The van der Waals surface area contributed by atoms with Crippen LogP contribution in [0.15, 0.2) is 54.6 Å². The number of para-hydroxylation sites is 1. The summed E-state index contributed by atoms with van der Waals surface area (Å²) in [5.41, 5.74) is 3.56. The summed E-state index contributed by atoms with van der Waals surface area (Å²) < 4.78 is 0. The predicted molar refractivity (Wildman–Crippen MR) is 98.9 cm³/mol. The Kier molecular flexibility index (Phi) is 5.90. The van der Waals surface area contributed by atoms with E-state index in [0.29, 0.717) is 5.92 Å². The van der Waals surface area contributed by atoms with E-state index in [0.717, 1.165) is 22.5 Å². The van der Waals surface area contributed by atoms with Gasteiger partial charge in [-0.25, -0.2) is 0 Å². The third-order valence-corrected chi connectivity index (χ3v) is 3.50. The number of hydrogen-bond donors (Lipinski definition) is 2. The lowest BCUT2D eigenvalue weighted by Crippen LogP contribution is -2.10. The molecule has 0 aliphatic rings. The number of nitrogens with one attached hydrogen (secondary N) is 2. The Morgan fingerprint density at radius 3 is 2.25 bits per heavy atom. The van der Waals surface area contributed by atoms with Gasteiger partial charge in [0.2, 0.25) is 11.8 Å². The molecule has 0 heterocycles. The molecule has 4 nitrogen and oxygen atoms in total. The summed E-state index contributed by atoms with van der Waals surface area (Å²) in [4.78, 5) is 23.1. The van der Waals surface area contributed by atoms with Crippen molar-refractivity contribution in [3.8, 4) is 0 Å². The first-order valence-electron chi connectivity index (χ1n) is 7.91. The molecule has 2 amide bonds. The van der Waals surface area contributed by atoms with E-state index in [1.807, 2.05) is 36.4 Å². The molecule has 24 heavy (non-hydrogen) atoms. The molecule has 0 radical (unpaired) electrons. The molecule has 4 heteroatoms. The third kappa shape index (κ3) is 5.09. The molecule has 2 rings (SSSR count). The van der Waals surface area contributed by atoms with Gasteiger partial charge in [-0.2, -0.15) is 0 Å². The second kappa shape index (κ2) is 8.11. The van der Waals surface area contributed by atoms with Crippen molar-refractivity contribution >= 4 is 29.3 Å². The van der Waals surface area contributed by atoms with E-state index in [1.165, 1.54) is 13.0 Å². The fourth-order valence-corrected chi connectivity index (χ4v) is 2.34. The topological polar surface area (TPSA) is 58.2 Å². The maximum Gasteiger partial charge on any atom is 0.248 e. The van der Waals surface area contributed by atoms with Crippen LogP contribution >= 0.6 is 0 Å². The van der Waals surface area contributed by atoms with Crippen LogP contribution in [0.5, 0.6) is 0 Å². The fourth-order valence-electron chi connectivity index (χ4n) is 2.34. The third-order valence-electron chi connectivity index (χ3n) is 3.50. The SMILES string of the molecule is CC(=O)Nc1ccc(/C=C/C(=O)Nc2ccccc2C(C)C)cc1. The highest BCUT2D eigenvalue weighted by Gasteiger charge is 2.07. The second-order valence-electron chi connectivity index (χ2n) is 5.87. The first-order chi connectivity index (χ1) is 11.5. The van der Waals surface area contributed by atoms with Gasteiger partial charge < -0.3 is 10.6 Å². The lowest BCUT2D eigenvalue weighted by atomic mass is 10.0. The van der Waals surface area contributed by atoms with Crippen LogP contribution in [0.3, 0.4) is 0 Å². The number of rotatable bonds is 5. The zero-order valence-electron chi connectivity index (χ0n) is 14.2. The average Bonchev–Trinajstić information content (AvgIpc) is 2.54. The predicted octanol–water partition coefficient (Wildman–Crippen LogP) is 4.42. The van der Waals surface area contributed by atoms with Gasteiger partial charge in [-0.05, 0) is 41.3 Å². The Morgan fingerprint density at radius 1 is 0.958 bits per heavy atom. The normalized spacial score (nSPS) is 10.8. The highest BCUT2D eigenvalue weighted by molar-refractivity contribution is 6.02. The molecule has 2 N–H and O–H groups in total. The molecule has 2 aromatic rings. The molecule has 0 saturated carbocycles. The summed E-state index contributed by atoms with van der Waals surface area (Å²) in [6, 6.07) is 15.1. The van der Waals surface area contributed by atoms with E-state index in [2.05, 4.69) is 24.5 Å². The highest BCUT2D eigenvalue weighted by Crippen LogP contribution is 2.23. The molecule has 0 aromatic heterocycles. The first kappa shape index (κ1) is 17.5. The largest absolute Gasteiger partial charge is 0.326 e. The van der Waals surface area contributed by atoms with Gasteiger partial charge in [-0.3, -0.25) is 9.59 Å².